The normalized spacial score (nSPS) is 20.8. The molecule has 1 aliphatic rings. The first-order chi connectivity index (χ1) is 2.50. The van der Waals surface area contributed by atoms with Gasteiger partial charge in [0.05, 0.1) is 6.61 Å². The summed E-state index contributed by atoms with van der Waals surface area (Å²) in [5.74, 6) is 0. The maximum absolute atomic E-state index is 4.64. The molecule has 0 amide bonds. The number of hydrogen-bond donors (Lipinski definition) is 0. The fourth-order valence-corrected chi connectivity index (χ4v) is 0.456. The molecule has 0 radical (unpaired) electrons. The van der Waals surface area contributed by atoms with Crippen molar-refractivity contribution >= 4 is 18.4 Å². The lowest BCUT2D eigenvalue weighted by molar-refractivity contribution is 0.460. The molecule has 0 aromatic heterocycles. The highest BCUT2D eigenvalue weighted by Crippen LogP contribution is 2.05. The van der Waals surface area contributed by atoms with Crippen LogP contribution in [0.5, 0.6) is 0 Å². The molecule has 0 spiro atoms. The zero-order chi connectivity index (χ0) is 3.54. The third-order valence-corrected chi connectivity index (χ3v) is 0.789. The second-order valence-corrected chi connectivity index (χ2v) is 1.24. The lowest BCUT2D eigenvalue weighted by Gasteiger charge is -1.72. The molecule has 1 aliphatic heterocycles. The van der Waals surface area contributed by atoms with Crippen LogP contribution in [0.3, 0.4) is 0 Å². The first-order valence-electron chi connectivity index (χ1n) is 1.30. The Labute approximate surface area is 34.6 Å². The Hall–Kier alpha value is -0.0200. The molecule has 5 heavy (non-hydrogen) atoms. The molecule has 0 aromatic rings. The van der Waals surface area contributed by atoms with Gasteiger partial charge in [0, 0.05) is 6.21 Å². The molecule has 0 atom stereocenters. The minimum absolute atomic E-state index is 0.671. The highest BCUT2D eigenvalue weighted by Gasteiger charge is 1.86. The third-order valence-electron chi connectivity index (χ3n) is 0.313. The van der Waals surface area contributed by atoms with E-state index >= 15 is 0 Å². The van der Waals surface area contributed by atoms with Gasteiger partial charge in [0.2, 0.25) is 0 Å². The summed E-state index contributed by atoms with van der Waals surface area (Å²) in [5.41, 5.74) is 0. The van der Waals surface area contributed by atoms with E-state index in [1.54, 1.807) is 6.21 Å². The lowest BCUT2D eigenvalue weighted by atomic mass is 10.8. The van der Waals surface area contributed by atoms with Crippen LogP contribution in [0.1, 0.15) is 0 Å². The van der Waals surface area contributed by atoms with Crippen molar-refractivity contribution in [1.29, 1.82) is 0 Å². The molecule has 0 aromatic carbocycles. The second kappa shape index (κ2) is 1.43. The molecule has 0 bridgehead atoms. The quantitative estimate of drug-likeness (QED) is 0.321. The lowest BCUT2D eigenvalue weighted by Crippen LogP contribution is -1.72. The Morgan fingerprint density at radius 1 is 2.00 bits per heavy atom. The molecule has 1 heterocycles. The van der Waals surface area contributed by atoms with Crippen molar-refractivity contribution in [3.63, 3.8) is 0 Å². The summed E-state index contributed by atoms with van der Waals surface area (Å²) in [6.07, 6.45) is 1.73. The Balaban J connectivity index is 2.32. The molecule has 0 fully saturated rings. The van der Waals surface area contributed by atoms with Gasteiger partial charge in [-0.3, -0.25) is 4.18 Å². The number of nitrogens with zero attached hydrogens (tertiary/aromatic N) is 1. The summed E-state index contributed by atoms with van der Waals surface area (Å²) >= 11 is 1.14. The first-order valence-corrected chi connectivity index (χ1v) is 2.00. The van der Waals surface area contributed by atoms with Gasteiger partial charge in [-0.05, 0) is 0 Å². The Morgan fingerprint density at radius 3 is 3.20 bits per heavy atom. The van der Waals surface area contributed by atoms with Crippen molar-refractivity contribution in [2.45, 2.75) is 0 Å². The molecule has 0 saturated carbocycles. The molecule has 0 unspecified atom stereocenters. The summed E-state index contributed by atoms with van der Waals surface area (Å²) in [6, 6.07) is 0. The van der Waals surface area contributed by atoms with Crippen LogP contribution < -0.4 is 0 Å². The second-order valence-electron chi connectivity index (χ2n) is 0.647. The average Bonchev–Trinajstić information content (AvgIpc) is 1.76. The molecule has 0 aliphatic carbocycles. The fourth-order valence-electron chi connectivity index (χ4n) is 0.152. The van der Waals surface area contributed by atoms with Crippen molar-refractivity contribution in [1.82, 2.24) is 0 Å². The zero-order valence-electron chi connectivity index (χ0n) is 2.55. The van der Waals surface area contributed by atoms with Gasteiger partial charge in [0.1, 0.15) is 12.2 Å². The van der Waals surface area contributed by atoms with E-state index in [-0.39, 0.29) is 0 Å². The fraction of sp³-hybridized carbons (Fsp3) is 0.500. The Morgan fingerprint density at radius 2 is 3.00 bits per heavy atom. The van der Waals surface area contributed by atoms with E-state index in [1.165, 1.54) is 0 Å². The molecule has 0 saturated heterocycles. The van der Waals surface area contributed by atoms with Gasteiger partial charge in [0.15, 0.2) is 0 Å². The van der Waals surface area contributed by atoms with Gasteiger partial charge in [-0.25, -0.2) is 0 Å². The monoisotopic (exact) mass is 89.0 g/mol. The minimum Gasteiger partial charge on any atom is -0.290 e. The van der Waals surface area contributed by atoms with E-state index in [9.17, 15) is 0 Å². The number of hydrogen-bond acceptors (Lipinski definition) is 3. The molecule has 2 nitrogen and oxygen atoms in total. The van der Waals surface area contributed by atoms with Crippen molar-refractivity contribution in [2.24, 2.45) is 4.40 Å². The van der Waals surface area contributed by atoms with E-state index in [1.807, 2.05) is 0 Å². The molecule has 1 rings (SSSR count). The van der Waals surface area contributed by atoms with Crippen molar-refractivity contribution in [2.75, 3.05) is 6.61 Å². The van der Waals surface area contributed by atoms with Gasteiger partial charge in [-0.2, -0.15) is 4.40 Å². The zero-order valence-corrected chi connectivity index (χ0v) is 3.36. The van der Waals surface area contributed by atoms with Crippen molar-refractivity contribution < 1.29 is 4.18 Å². The van der Waals surface area contributed by atoms with Crippen LogP contribution in [0.2, 0.25) is 0 Å². The average molecular weight is 89.1 g/mol. The molecule has 3 heteroatoms. The van der Waals surface area contributed by atoms with Gasteiger partial charge in [0.25, 0.3) is 0 Å². The number of rotatable bonds is 0. The maximum Gasteiger partial charge on any atom is 0.136 e. The molecule has 0 N–H and O–H groups in total. The predicted molar refractivity (Wildman–Crippen MR) is 22.0 cm³/mol. The first kappa shape index (κ1) is 3.18. The summed E-state index contributed by atoms with van der Waals surface area (Å²) in [6.45, 7) is 0.671. The summed E-state index contributed by atoms with van der Waals surface area (Å²) in [5, 5.41) is 0. The smallest absolute Gasteiger partial charge is 0.136 e. The summed E-state index contributed by atoms with van der Waals surface area (Å²) in [4.78, 5) is 0. The minimum atomic E-state index is 0.671. The van der Waals surface area contributed by atoms with Crippen LogP contribution in [0.25, 0.3) is 0 Å². The van der Waals surface area contributed by atoms with Crippen LogP contribution >= 0.6 is 12.2 Å². The van der Waals surface area contributed by atoms with Crippen LogP contribution in [-0.2, 0) is 4.18 Å². The highest BCUT2D eigenvalue weighted by molar-refractivity contribution is 7.93. The van der Waals surface area contributed by atoms with Gasteiger partial charge in [-0.15, -0.1) is 0 Å². The highest BCUT2D eigenvalue weighted by atomic mass is 32.2. The summed E-state index contributed by atoms with van der Waals surface area (Å²) < 4.78 is 8.29. The van der Waals surface area contributed by atoms with Crippen LogP contribution in [-0.4, -0.2) is 12.8 Å². The van der Waals surface area contributed by atoms with E-state index in [4.69, 9.17) is 0 Å². The standard InChI is InChI=1S/C2H3NOS/c1-2-4-5-3-1/h1H,2H2. The van der Waals surface area contributed by atoms with Gasteiger partial charge in [-0.1, -0.05) is 0 Å². The van der Waals surface area contributed by atoms with E-state index in [2.05, 4.69) is 8.58 Å². The summed E-state index contributed by atoms with van der Waals surface area (Å²) in [7, 11) is 0. The Kier molecular flexibility index (Phi) is 0.907. The van der Waals surface area contributed by atoms with Crippen LogP contribution in [0.4, 0.5) is 0 Å². The predicted octanol–water partition coefficient (Wildman–Crippen LogP) is 0.651. The largest absolute Gasteiger partial charge is 0.290 e. The Bertz CT molecular complexity index is 47.6. The maximum atomic E-state index is 4.64. The van der Waals surface area contributed by atoms with E-state index < -0.39 is 0 Å². The molecule has 28 valence electrons. The van der Waals surface area contributed by atoms with Crippen molar-refractivity contribution in [3.8, 4) is 0 Å². The van der Waals surface area contributed by atoms with Crippen molar-refractivity contribution in [3.05, 3.63) is 0 Å². The molecular formula is C2H3NOS. The van der Waals surface area contributed by atoms with Gasteiger partial charge < -0.3 is 0 Å². The topological polar surface area (TPSA) is 21.6 Å². The SMILES string of the molecule is C1=NSOC1. The van der Waals surface area contributed by atoms with E-state index in [0.717, 1.165) is 12.2 Å². The van der Waals surface area contributed by atoms with Crippen LogP contribution in [0.15, 0.2) is 4.40 Å². The molecular weight excluding hydrogens is 86.1 g/mol. The van der Waals surface area contributed by atoms with Gasteiger partial charge >= 0.3 is 0 Å². The third kappa shape index (κ3) is 0.629. The van der Waals surface area contributed by atoms with Crippen LogP contribution in [0, 0.1) is 0 Å². The van der Waals surface area contributed by atoms with E-state index in [0.29, 0.717) is 6.61 Å².